The molecule has 0 saturated carbocycles. The summed E-state index contributed by atoms with van der Waals surface area (Å²) in [5, 5.41) is 14.1. The van der Waals surface area contributed by atoms with E-state index in [9.17, 15) is 14.4 Å². The zero-order chi connectivity index (χ0) is 25.2. The number of nitrogens with zero attached hydrogens (tertiary/aromatic N) is 4. The number of nitriles is 1. The highest BCUT2D eigenvalue weighted by Crippen LogP contribution is 2.48. The summed E-state index contributed by atoms with van der Waals surface area (Å²) in [7, 11) is 1.90. The molecule has 2 unspecified atom stereocenters. The molecule has 2 aromatic rings. The Kier molecular flexibility index (Phi) is 6.90. The molecule has 2 atom stereocenters. The zero-order valence-electron chi connectivity index (χ0n) is 19.8. The second-order valence-electron chi connectivity index (χ2n) is 8.48. The lowest BCUT2D eigenvalue weighted by Crippen LogP contribution is -2.31. The highest BCUT2D eigenvalue weighted by molar-refractivity contribution is 8.19. The number of amidine groups is 1. The lowest BCUT2D eigenvalue weighted by Gasteiger charge is -2.23. The quantitative estimate of drug-likeness (QED) is 0.509. The zero-order valence-corrected chi connectivity index (χ0v) is 21.4. The molecule has 1 N–H and O–H groups in total. The molecule has 2 aromatic carbocycles. The first-order chi connectivity index (χ1) is 17.5. The summed E-state index contributed by atoms with van der Waals surface area (Å²) in [6.07, 6.45) is 4.94. The molecular formula is C27H24FN5OS2. The Morgan fingerprint density at radius 3 is 2.78 bits per heavy atom. The summed E-state index contributed by atoms with van der Waals surface area (Å²) in [4.78, 5) is 22.9. The number of hydrogen-bond donors (Lipinski definition) is 1. The van der Waals surface area contributed by atoms with Crippen molar-refractivity contribution >= 4 is 46.0 Å². The van der Waals surface area contributed by atoms with Gasteiger partial charge in [0.05, 0.1) is 45.9 Å². The fourth-order valence-corrected chi connectivity index (χ4v) is 6.86. The van der Waals surface area contributed by atoms with Crippen molar-refractivity contribution in [1.29, 1.82) is 5.26 Å². The summed E-state index contributed by atoms with van der Waals surface area (Å²) >= 11 is 2.89. The van der Waals surface area contributed by atoms with Crippen LogP contribution in [0.15, 0.2) is 87.5 Å². The van der Waals surface area contributed by atoms with E-state index in [0.717, 1.165) is 16.3 Å². The molecule has 0 bridgehead atoms. The fraction of sp³-hybridized carbons (Fsp3) is 0.222. The minimum Gasteiger partial charge on any atom is -0.384 e. The second-order valence-corrected chi connectivity index (χ2v) is 10.6. The Hall–Kier alpha value is -3.48. The van der Waals surface area contributed by atoms with E-state index in [4.69, 9.17) is 4.99 Å². The van der Waals surface area contributed by atoms with Crippen LogP contribution in [0, 0.1) is 11.3 Å². The van der Waals surface area contributed by atoms with E-state index in [-0.39, 0.29) is 23.0 Å². The number of nitrogens with one attached hydrogen (secondary N) is 1. The average Bonchev–Trinajstić information content (AvgIpc) is 3.37. The van der Waals surface area contributed by atoms with E-state index in [1.165, 1.54) is 17.8 Å². The molecule has 2 fully saturated rings. The Balaban J connectivity index is 1.58. The monoisotopic (exact) mass is 517 g/mol. The van der Waals surface area contributed by atoms with Crippen LogP contribution in [0.3, 0.4) is 0 Å². The number of likely N-dealkylation sites (N-methyl/N-ethyl adjacent to an activating group) is 1. The molecular weight excluding hydrogens is 493 g/mol. The van der Waals surface area contributed by atoms with Crippen molar-refractivity contribution in [2.75, 3.05) is 18.9 Å². The van der Waals surface area contributed by atoms with Gasteiger partial charge in [0, 0.05) is 13.6 Å². The molecule has 0 aromatic heterocycles. The minimum atomic E-state index is -0.262. The van der Waals surface area contributed by atoms with Crippen molar-refractivity contribution < 1.29 is 9.18 Å². The molecule has 2 aliphatic heterocycles. The first-order valence-electron chi connectivity index (χ1n) is 11.6. The maximum Gasteiger partial charge on any atom is 0.269 e. The van der Waals surface area contributed by atoms with Crippen molar-refractivity contribution in [2.45, 2.75) is 24.8 Å². The standard InChI is InChI=1S/C27H24FN5OS2/c1-3-30-20-11-9-18(15-29)13-21(20)31-27-33(16-17-7-5-4-6-8-17)25(34)24(36-27)26-32(2)22-14-19(28)10-12-23(22)35-26/h4-14,22-23,30H,3,16H2,1-2H3/b26-24-,31-27?. The van der Waals surface area contributed by atoms with Gasteiger partial charge < -0.3 is 10.2 Å². The second kappa shape index (κ2) is 10.2. The number of rotatable bonds is 5. The van der Waals surface area contributed by atoms with Gasteiger partial charge in [0.2, 0.25) is 0 Å². The smallest absolute Gasteiger partial charge is 0.269 e. The number of anilines is 1. The maximum atomic E-state index is 13.9. The van der Waals surface area contributed by atoms with Gasteiger partial charge in [-0.3, -0.25) is 9.69 Å². The van der Waals surface area contributed by atoms with Gasteiger partial charge in [-0.05, 0) is 54.6 Å². The van der Waals surface area contributed by atoms with E-state index in [0.29, 0.717) is 34.4 Å². The van der Waals surface area contributed by atoms with Crippen molar-refractivity contribution in [2.24, 2.45) is 4.99 Å². The van der Waals surface area contributed by atoms with Crippen LogP contribution >= 0.6 is 23.5 Å². The molecule has 0 spiro atoms. The molecule has 6 nitrogen and oxygen atoms in total. The molecule has 1 aliphatic carbocycles. The molecule has 1 amide bonds. The summed E-state index contributed by atoms with van der Waals surface area (Å²) in [6.45, 7) is 3.05. The molecule has 9 heteroatoms. The maximum absolute atomic E-state index is 13.9. The fourth-order valence-electron chi connectivity index (χ4n) is 4.28. The lowest BCUT2D eigenvalue weighted by atomic mass is 10.1. The van der Waals surface area contributed by atoms with Crippen LogP contribution in [0.25, 0.3) is 0 Å². The Morgan fingerprint density at radius 1 is 1.22 bits per heavy atom. The summed E-state index contributed by atoms with van der Waals surface area (Å²) in [5.41, 5.74) is 2.87. The van der Waals surface area contributed by atoms with E-state index >= 15 is 0 Å². The molecule has 36 heavy (non-hydrogen) atoms. The summed E-state index contributed by atoms with van der Waals surface area (Å²) < 4.78 is 13.9. The van der Waals surface area contributed by atoms with Gasteiger partial charge in [-0.25, -0.2) is 9.38 Å². The number of halogens is 1. The van der Waals surface area contributed by atoms with E-state index in [1.807, 2.05) is 61.3 Å². The van der Waals surface area contributed by atoms with E-state index in [2.05, 4.69) is 11.4 Å². The van der Waals surface area contributed by atoms with Crippen LogP contribution in [0.5, 0.6) is 0 Å². The van der Waals surface area contributed by atoms with Gasteiger partial charge in [0.25, 0.3) is 5.91 Å². The van der Waals surface area contributed by atoms with Crippen molar-refractivity contribution in [3.8, 4) is 6.07 Å². The summed E-state index contributed by atoms with van der Waals surface area (Å²) in [5.74, 6) is -0.396. The van der Waals surface area contributed by atoms with E-state index < -0.39 is 0 Å². The normalized spacial score (nSPS) is 24.2. The third kappa shape index (κ3) is 4.66. The third-order valence-corrected chi connectivity index (χ3v) is 8.70. The Labute approximate surface area is 218 Å². The summed E-state index contributed by atoms with van der Waals surface area (Å²) in [6, 6.07) is 17.1. The van der Waals surface area contributed by atoms with Crippen molar-refractivity contribution in [3.63, 3.8) is 0 Å². The minimum absolute atomic E-state index is 0.0432. The SMILES string of the molecule is CCNc1ccc(C#N)cc1N=C1S/C(=C2\SC3C=CC(F)=CC3N2C)C(=O)N1Cc1ccccc1. The van der Waals surface area contributed by atoms with E-state index in [1.54, 1.807) is 34.9 Å². The molecule has 182 valence electrons. The number of amides is 1. The predicted octanol–water partition coefficient (Wildman–Crippen LogP) is 5.76. The van der Waals surface area contributed by atoms with Crippen molar-refractivity contribution in [3.05, 3.63) is 93.6 Å². The first-order valence-corrected chi connectivity index (χ1v) is 13.3. The number of benzene rings is 2. The molecule has 5 rings (SSSR count). The van der Waals surface area contributed by atoms with Crippen LogP contribution in [0.2, 0.25) is 0 Å². The van der Waals surface area contributed by atoms with Gasteiger partial charge in [-0.2, -0.15) is 5.26 Å². The number of hydrogen-bond acceptors (Lipinski definition) is 7. The number of allylic oxidation sites excluding steroid dienone is 2. The van der Waals surface area contributed by atoms with Gasteiger partial charge >= 0.3 is 0 Å². The number of aliphatic imine (C=N–C) groups is 1. The Morgan fingerprint density at radius 2 is 2.03 bits per heavy atom. The van der Waals surface area contributed by atoms with Crippen LogP contribution in [-0.4, -0.2) is 45.8 Å². The Bertz CT molecular complexity index is 1360. The van der Waals surface area contributed by atoms with Gasteiger partial charge in [0.1, 0.15) is 10.7 Å². The largest absolute Gasteiger partial charge is 0.384 e. The predicted molar refractivity (Wildman–Crippen MR) is 145 cm³/mol. The molecule has 3 aliphatic rings. The number of thioether (sulfide) groups is 2. The van der Waals surface area contributed by atoms with Gasteiger partial charge in [-0.1, -0.05) is 48.2 Å². The molecule has 0 radical (unpaired) electrons. The van der Waals surface area contributed by atoms with Crippen LogP contribution in [0.1, 0.15) is 18.1 Å². The molecule has 2 saturated heterocycles. The lowest BCUT2D eigenvalue weighted by molar-refractivity contribution is -0.122. The average molecular weight is 518 g/mol. The van der Waals surface area contributed by atoms with Gasteiger partial charge in [-0.15, -0.1) is 0 Å². The highest BCUT2D eigenvalue weighted by atomic mass is 32.2. The number of carbonyl (C=O) groups is 1. The van der Waals surface area contributed by atoms with Crippen LogP contribution in [0.4, 0.5) is 15.8 Å². The third-order valence-electron chi connectivity index (χ3n) is 6.08. The molecule has 2 heterocycles. The van der Waals surface area contributed by atoms with Crippen LogP contribution < -0.4 is 5.32 Å². The first kappa shape index (κ1) is 24.2. The van der Waals surface area contributed by atoms with Crippen LogP contribution in [-0.2, 0) is 11.3 Å². The highest BCUT2D eigenvalue weighted by Gasteiger charge is 2.43. The number of carbonyl (C=O) groups excluding carboxylic acids is 1. The van der Waals surface area contributed by atoms with Crippen molar-refractivity contribution in [1.82, 2.24) is 9.80 Å². The number of fused-ring (bicyclic) bond motifs is 1. The van der Waals surface area contributed by atoms with Gasteiger partial charge in [0.15, 0.2) is 5.17 Å². The topological polar surface area (TPSA) is 71.7 Å².